The van der Waals surface area contributed by atoms with Crippen molar-refractivity contribution in [1.82, 2.24) is 0 Å². The van der Waals surface area contributed by atoms with Gasteiger partial charge in [0.25, 0.3) is 0 Å². The van der Waals surface area contributed by atoms with Crippen LogP contribution in [-0.4, -0.2) is 34.1 Å². The molecule has 0 aromatic carbocycles. The zero-order valence-electron chi connectivity index (χ0n) is 15.7. The van der Waals surface area contributed by atoms with Gasteiger partial charge in [0.2, 0.25) is 0 Å². The molecular weight excluding hydrogens is 288 g/mol. The fraction of sp³-hybridized carbons (Fsp3) is 0.900. The molecule has 0 amide bonds. The summed E-state index contributed by atoms with van der Waals surface area (Å²) in [5.41, 5.74) is 0.845. The van der Waals surface area contributed by atoms with E-state index in [9.17, 15) is 5.11 Å². The van der Waals surface area contributed by atoms with Crippen LogP contribution in [-0.2, 0) is 4.74 Å². The van der Waals surface area contributed by atoms with E-state index in [1.165, 1.54) is 32.1 Å². The summed E-state index contributed by atoms with van der Waals surface area (Å²) in [6.07, 6.45) is 9.47. The van der Waals surface area contributed by atoms with Crippen molar-refractivity contribution in [3.8, 4) is 0 Å². The summed E-state index contributed by atoms with van der Waals surface area (Å²) in [6, 6.07) is 0. The minimum atomic E-state index is -0.753. The average molecular weight is 327 g/mol. The predicted molar refractivity (Wildman–Crippen MR) is 96.5 cm³/mol. The molecule has 3 unspecified atom stereocenters. The van der Waals surface area contributed by atoms with Crippen molar-refractivity contribution in [3.63, 3.8) is 0 Å². The van der Waals surface area contributed by atoms with E-state index < -0.39 is 6.10 Å². The van der Waals surface area contributed by atoms with Gasteiger partial charge in [0.15, 0.2) is 0 Å². The van der Waals surface area contributed by atoms with Gasteiger partial charge in [0.1, 0.15) is 0 Å². The molecule has 1 fully saturated rings. The molecule has 1 saturated heterocycles. The van der Waals surface area contributed by atoms with Crippen LogP contribution < -0.4 is 0 Å². The molecule has 1 aliphatic heterocycles. The standard InChI is InChI=1S/C20H38O3/c1-16(9-6-11-17(2)18(22)15-21)10-7-13-20(5)14-8-12-19(3,4)23-20/h16,18,21-22H,2,6-15H2,1,3-5H3. The number of hydrogen-bond donors (Lipinski definition) is 2. The van der Waals surface area contributed by atoms with Gasteiger partial charge in [-0.05, 0) is 70.8 Å². The lowest BCUT2D eigenvalue weighted by atomic mass is 9.84. The number of rotatable bonds is 10. The number of hydrogen-bond acceptors (Lipinski definition) is 3. The molecule has 0 radical (unpaired) electrons. The molecule has 1 heterocycles. The van der Waals surface area contributed by atoms with E-state index in [0.29, 0.717) is 5.92 Å². The van der Waals surface area contributed by atoms with Crippen LogP contribution >= 0.6 is 0 Å². The van der Waals surface area contributed by atoms with Gasteiger partial charge in [0.05, 0.1) is 23.9 Å². The first-order valence-electron chi connectivity index (χ1n) is 9.34. The molecule has 0 saturated carbocycles. The Labute approximate surface area is 143 Å². The summed E-state index contributed by atoms with van der Waals surface area (Å²) in [4.78, 5) is 0. The van der Waals surface area contributed by atoms with Gasteiger partial charge in [-0.25, -0.2) is 0 Å². The molecule has 0 aliphatic carbocycles. The molecule has 23 heavy (non-hydrogen) atoms. The first-order valence-corrected chi connectivity index (χ1v) is 9.34. The van der Waals surface area contributed by atoms with E-state index in [1.54, 1.807) is 0 Å². The highest BCUT2D eigenvalue weighted by molar-refractivity contribution is 5.01. The van der Waals surface area contributed by atoms with Crippen molar-refractivity contribution >= 4 is 0 Å². The number of aliphatic hydroxyl groups excluding tert-OH is 2. The van der Waals surface area contributed by atoms with Crippen molar-refractivity contribution in [2.75, 3.05) is 6.61 Å². The predicted octanol–water partition coefficient (Wildman–Crippen LogP) is 4.61. The van der Waals surface area contributed by atoms with Gasteiger partial charge in [-0.15, -0.1) is 0 Å². The summed E-state index contributed by atoms with van der Waals surface area (Å²) >= 11 is 0. The van der Waals surface area contributed by atoms with Crippen molar-refractivity contribution in [1.29, 1.82) is 0 Å². The van der Waals surface area contributed by atoms with Crippen LogP contribution in [0.15, 0.2) is 12.2 Å². The first-order chi connectivity index (χ1) is 10.7. The van der Waals surface area contributed by atoms with Crippen LogP contribution in [0.3, 0.4) is 0 Å². The molecule has 2 N–H and O–H groups in total. The second-order valence-corrected chi connectivity index (χ2v) is 8.41. The van der Waals surface area contributed by atoms with Crippen LogP contribution in [0.4, 0.5) is 0 Å². The first kappa shape index (κ1) is 20.7. The van der Waals surface area contributed by atoms with Crippen LogP contribution in [0.5, 0.6) is 0 Å². The van der Waals surface area contributed by atoms with Gasteiger partial charge in [-0.3, -0.25) is 0 Å². The van der Waals surface area contributed by atoms with Gasteiger partial charge < -0.3 is 14.9 Å². The Bertz CT molecular complexity index is 364. The largest absolute Gasteiger partial charge is 0.393 e. The van der Waals surface area contributed by atoms with Crippen molar-refractivity contribution < 1.29 is 14.9 Å². The SMILES string of the molecule is C=C(CCCC(C)CCCC1(C)CCCC(C)(C)O1)C(O)CO. The van der Waals surface area contributed by atoms with Gasteiger partial charge in [-0.2, -0.15) is 0 Å². The molecular formula is C20H38O3. The summed E-state index contributed by atoms with van der Waals surface area (Å²) in [7, 11) is 0. The molecule has 0 aromatic rings. The lowest BCUT2D eigenvalue weighted by molar-refractivity contribution is -0.168. The minimum absolute atomic E-state index is 0.0342. The van der Waals surface area contributed by atoms with E-state index in [-0.39, 0.29) is 17.8 Å². The molecule has 3 nitrogen and oxygen atoms in total. The van der Waals surface area contributed by atoms with E-state index in [1.807, 2.05) is 0 Å². The minimum Gasteiger partial charge on any atom is -0.393 e. The average Bonchev–Trinajstić information content (AvgIpc) is 2.44. The molecule has 1 rings (SSSR count). The summed E-state index contributed by atoms with van der Waals surface area (Å²) in [6.45, 7) is 12.6. The number of aliphatic hydroxyl groups is 2. The van der Waals surface area contributed by atoms with Gasteiger partial charge in [-0.1, -0.05) is 32.8 Å². The second-order valence-electron chi connectivity index (χ2n) is 8.41. The molecule has 136 valence electrons. The highest BCUT2D eigenvalue weighted by atomic mass is 16.5. The molecule has 0 aromatic heterocycles. The van der Waals surface area contributed by atoms with Crippen LogP contribution in [0, 0.1) is 5.92 Å². The number of ether oxygens (including phenoxy) is 1. The zero-order chi connectivity index (χ0) is 17.5. The van der Waals surface area contributed by atoms with E-state index in [0.717, 1.165) is 31.3 Å². The third-order valence-electron chi connectivity index (χ3n) is 5.25. The van der Waals surface area contributed by atoms with Gasteiger partial charge in [0, 0.05) is 0 Å². The third-order valence-corrected chi connectivity index (χ3v) is 5.25. The lowest BCUT2D eigenvalue weighted by Crippen LogP contribution is -2.43. The van der Waals surface area contributed by atoms with Crippen LogP contribution in [0.2, 0.25) is 0 Å². The Balaban J connectivity index is 2.18. The molecule has 3 heteroatoms. The maximum atomic E-state index is 9.48. The van der Waals surface area contributed by atoms with E-state index >= 15 is 0 Å². The fourth-order valence-corrected chi connectivity index (χ4v) is 3.78. The van der Waals surface area contributed by atoms with Crippen LogP contribution in [0.25, 0.3) is 0 Å². The Hall–Kier alpha value is -0.380. The topological polar surface area (TPSA) is 49.7 Å². The summed E-state index contributed by atoms with van der Waals surface area (Å²) < 4.78 is 6.33. The quantitative estimate of drug-likeness (QED) is 0.576. The van der Waals surface area contributed by atoms with Crippen molar-refractivity contribution in [3.05, 3.63) is 12.2 Å². The molecule has 0 bridgehead atoms. The molecule has 3 atom stereocenters. The van der Waals surface area contributed by atoms with Crippen molar-refractivity contribution in [2.24, 2.45) is 5.92 Å². The van der Waals surface area contributed by atoms with E-state index in [2.05, 4.69) is 34.3 Å². The fourth-order valence-electron chi connectivity index (χ4n) is 3.78. The maximum absolute atomic E-state index is 9.48. The highest BCUT2D eigenvalue weighted by Gasteiger charge is 2.36. The van der Waals surface area contributed by atoms with Crippen LogP contribution in [0.1, 0.15) is 85.5 Å². The Kier molecular flexibility index (Phi) is 8.26. The smallest absolute Gasteiger partial charge is 0.0978 e. The Morgan fingerprint density at radius 3 is 2.43 bits per heavy atom. The normalized spacial score (nSPS) is 26.7. The van der Waals surface area contributed by atoms with Crippen molar-refractivity contribution in [2.45, 2.75) is 103 Å². The zero-order valence-corrected chi connectivity index (χ0v) is 15.7. The monoisotopic (exact) mass is 326 g/mol. The lowest BCUT2D eigenvalue weighted by Gasteiger charge is -2.43. The Morgan fingerprint density at radius 1 is 1.17 bits per heavy atom. The molecule has 1 aliphatic rings. The third kappa shape index (κ3) is 7.82. The Morgan fingerprint density at radius 2 is 1.83 bits per heavy atom. The van der Waals surface area contributed by atoms with Gasteiger partial charge >= 0.3 is 0 Å². The van der Waals surface area contributed by atoms with E-state index in [4.69, 9.17) is 9.84 Å². The summed E-state index contributed by atoms with van der Waals surface area (Å²) in [5, 5.41) is 18.4. The summed E-state index contributed by atoms with van der Waals surface area (Å²) in [5.74, 6) is 0.689. The maximum Gasteiger partial charge on any atom is 0.0978 e. The highest BCUT2D eigenvalue weighted by Crippen LogP contribution is 2.38. The molecule has 0 spiro atoms. The second kappa shape index (κ2) is 9.19.